The maximum atomic E-state index is 10.1. The molecule has 3 nitrogen and oxygen atoms in total. The second-order valence-electron chi connectivity index (χ2n) is 7.82. The van der Waals surface area contributed by atoms with E-state index in [1.54, 1.807) is 19.2 Å². The maximum absolute atomic E-state index is 10.1. The van der Waals surface area contributed by atoms with E-state index in [0.717, 1.165) is 25.0 Å². The molecule has 0 saturated carbocycles. The lowest BCUT2D eigenvalue weighted by atomic mass is 9.82. The Morgan fingerprint density at radius 2 is 1.44 bits per heavy atom. The second kappa shape index (κ2) is 12.2. The minimum absolute atomic E-state index is 0.320. The summed E-state index contributed by atoms with van der Waals surface area (Å²) in [7, 11) is 1.68. The Kier molecular flexibility index (Phi) is 9.64. The molecule has 3 heteroatoms. The molecule has 2 atom stereocenters. The number of aromatic hydroxyl groups is 2. The highest BCUT2D eigenvalue weighted by Gasteiger charge is 2.33. The van der Waals surface area contributed by atoms with Gasteiger partial charge in [-0.2, -0.15) is 0 Å². The minimum Gasteiger partial charge on any atom is -0.508 e. The monoisotopic (exact) mass is 434 g/mol. The van der Waals surface area contributed by atoms with Crippen LogP contribution < -0.4 is 4.74 Å². The van der Waals surface area contributed by atoms with E-state index < -0.39 is 0 Å². The summed E-state index contributed by atoms with van der Waals surface area (Å²) < 4.78 is 5.28. The van der Waals surface area contributed by atoms with Gasteiger partial charge in [0.25, 0.3) is 0 Å². The molecule has 4 rings (SSSR count). The van der Waals surface area contributed by atoms with E-state index in [-0.39, 0.29) is 0 Å². The fourth-order valence-electron chi connectivity index (χ4n) is 4.46. The van der Waals surface area contributed by atoms with Gasteiger partial charge in [-0.05, 0) is 102 Å². The van der Waals surface area contributed by atoms with E-state index in [0.29, 0.717) is 23.3 Å². The van der Waals surface area contributed by atoms with Crippen LogP contribution in [0.2, 0.25) is 0 Å². The van der Waals surface area contributed by atoms with Gasteiger partial charge in [-0.25, -0.2) is 0 Å². The number of hydrogen-bond acceptors (Lipinski definition) is 3. The fourth-order valence-corrected chi connectivity index (χ4v) is 4.46. The zero-order valence-corrected chi connectivity index (χ0v) is 20.4. The third kappa shape index (κ3) is 6.06. The van der Waals surface area contributed by atoms with Crippen LogP contribution in [-0.2, 0) is 19.3 Å². The van der Waals surface area contributed by atoms with E-state index in [2.05, 4.69) is 25.1 Å². The number of rotatable bonds is 5. The number of ether oxygens (including phenoxy) is 1. The van der Waals surface area contributed by atoms with E-state index in [4.69, 9.17) is 4.74 Å². The van der Waals surface area contributed by atoms with Crippen molar-refractivity contribution in [2.24, 2.45) is 5.92 Å². The molecule has 172 valence electrons. The molecule has 0 fully saturated rings. The van der Waals surface area contributed by atoms with Crippen molar-refractivity contribution in [3.63, 3.8) is 0 Å². The summed E-state index contributed by atoms with van der Waals surface area (Å²) in [6.45, 7) is 10.1. The summed E-state index contributed by atoms with van der Waals surface area (Å²) in [4.78, 5) is 0. The third-order valence-electron chi connectivity index (χ3n) is 6.01. The van der Waals surface area contributed by atoms with Crippen LogP contribution >= 0.6 is 0 Å². The quantitative estimate of drug-likeness (QED) is 0.446. The molecule has 0 radical (unpaired) electrons. The highest BCUT2D eigenvalue weighted by Crippen LogP contribution is 2.43. The number of phenols is 2. The van der Waals surface area contributed by atoms with Crippen LogP contribution in [0.4, 0.5) is 0 Å². The largest absolute Gasteiger partial charge is 0.508 e. The first-order chi connectivity index (χ1) is 15.5. The van der Waals surface area contributed by atoms with Crippen LogP contribution in [0, 0.1) is 12.8 Å². The van der Waals surface area contributed by atoms with Gasteiger partial charge in [0.1, 0.15) is 17.2 Å². The molecule has 0 heterocycles. The van der Waals surface area contributed by atoms with Crippen molar-refractivity contribution < 1.29 is 14.9 Å². The molecule has 0 spiro atoms. The van der Waals surface area contributed by atoms with Gasteiger partial charge in [0.2, 0.25) is 0 Å². The molecule has 0 saturated heterocycles. The molecule has 3 aromatic carbocycles. The Balaban J connectivity index is 0.000000860. The molecule has 0 aliphatic heterocycles. The van der Waals surface area contributed by atoms with Crippen molar-refractivity contribution in [1.82, 2.24) is 0 Å². The summed E-state index contributed by atoms with van der Waals surface area (Å²) in [5.41, 5.74) is 6.24. The molecule has 1 aliphatic rings. The van der Waals surface area contributed by atoms with Crippen LogP contribution in [0.1, 0.15) is 61.4 Å². The van der Waals surface area contributed by atoms with Gasteiger partial charge in [-0.15, -0.1) is 0 Å². The van der Waals surface area contributed by atoms with Crippen molar-refractivity contribution in [2.45, 2.75) is 59.8 Å². The molecule has 3 aromatic rings. The minimum atomic E-state index is 0.320. The van der Waals surface area contributed by atoms with Crippen molar-refractivity contribution in [3.05, 3.63) is 88.5 Å². The van der Waals surface area contributed by atoms with Gasteiger partial charge in [0, 0.05) is 0 Å². The number of benzene rings is 3. The topological polar surface area (TPSA) is 49.7 Å². The summed E-state index contributed by atoms with van der Waals surface area (Å²) in [6.07, 6.45) is 2.82. The summed E-state index contributed by atoms with van der Waals surface area (Å²) in [5.74, 6) is 2.27. The lowest BCUT2D eigenvalue weighted by molar-refractivity contribution is 0.414. The lowest BCUT2D eigenvalue weighted by Gasteiger charge is -2.22. The van der Waals surface area contributed by atoms with Gasteiger partial charge in [0.05, 0.1) is 7.11 Å². The first kappa shape index (κ1) is 25.3. The molecule has 2 unspecified atom stereocenters. The van der Waals surface area contributed by atoms with Gasteiger partial charge in [-0.3, -0.25) is 0 Å². The first-order valence-electron chi connectivity index (χ1n) is 11.8. The van der Waals surface area contributed by atoms with Crippen molar-refractivity contribution >= 4 is 0 Å². The molecule has 32 heavy (non-hydrogen) atoms. The van der Waals surface area contributed by atoms with E-state index in [9.17, 15) is 10.2 Å². The first-order valence-corrected chi connectivity index (χ1v) is 11.8. The second-order valence-corrected chi connectivity index (χ2v) is 7.82. The zero-order chi connectivity index (χ0) is 23.7. The number of fused-ring (bicyclic) bond motifs is 1. The highest BCUT2D eigenvalue weighted by atomic mass is 16.5. The Hall–Kier alpha value is -2.94. The smallest absolute Gasteiger partial charge is 0.118 e. The molecular formula is C29H38O3. The predicted octanol–water partition coefficient (Wildman–Crippen LogP) is 7.21. The molecular weight excluding hydrogens is 396 g/mol. The lowest BCUT2D eigenvalue weighted by Crippen LogP contribution is -2.14. The van der Waals surface area contributed by atoms with Crippen LogP contribution in [0.3, 0.4) is 0 Å². The molecule has 0 amide bonds. The van der Waals surface area contributed by atoms with Crippen LogP contribution in [0.15, 0.2) is 60.7 Å². The Labute approximate surface area is 193 Å². The van der Waals surface area contributed by atoms with Gasteiger partial charge in [-0.1, -0.05) is 52.0 Å². The molecule has 1 aliphatic carbocycles. The van der Waals surface area contributed by atoms with E-state index in [1.807, 2.05) is 58.0 Å². The molecule has 2 N–H and O–H groups in total. The predicted molar refractivity (Wildman–Crippen MR) is 134 cm³/mol. The normalized spacial score (nSPS) is 16.2. The number of aryl methyl sites for hydroxylation is 1. The average Bonchev–Trinajstić information content (AvgIpc) is 3.15. The van der Waals surface area contributed by atoms with Crippen LogP contribution in [0.5, 0.6) is 17.2 Å². The summed E-state index contributed by atoms with van der Waals surface area (Å²) in [5, 5.41) is 20.0. The Morgan fingerprint density at radius 3 is 2.09 bits per heavy atom. The van der Waals surface area contributed by atoms with Crippen molar-refractivity contribution in [1.29, 1.82) is 0 Å². The SMILES string of the molecule is CC.CC.COc1ccc(CC2c3cc(O)ccc3CC2Cc2cc(O)ccc2C)cc1. The van der Waals surface area contributed by atoms with Crippen LogP contribution in [0.25, 0.3) is 0 Å². The Morgan fingerprint density at radius 1 is 0.812 bits per heavy atom. The van der Waals surface area contributed by atoms with E-state index in [1.165, 1.54) is 27.8 Å². The maximum Gasteiger partial charge on any atom is 0.118 e. The van der Waals surface area contributed by atoms with Crippen molar-refractivity contribution in [2.75, 3.05) is 7.11 Å². The Bertz CT molecular complexity index is 976. The number of methoxy groups -OCH3 is 1. The molecule has 0 bridgehead atoms. The van der Waals surface area contributed by atoms with Gasteiger partial charge < -0.3 is 14.9 Å². The molecule has 0 aromatic heterocycles. The van der Waals surface area contributed by atoms with E-state index >= 15 is 0 Å². The average molecular weight is 435 g/mol. The third-order valence-corrected chi connectivity index (χ3v) is 6.01. The zero-order valence-electron chi connectivity index (χ0n) is 20.4. The van der Waals surface area contributed by atoms with Gasteiger partial charge in [0.15, 0.2) is 0 Å². The summed E-state index contributed by atoms with van der Waals surface area (Å²) in [6, 6.07) is 19.6. The van der Waals surface area contributed by atoms with Gasteiger partial charge >= 0.3 is 0 Å². The van der Waals surface area contributed by atoms with Crippen LogP contribution in [-0.4, -0.2) is 17.3 Å². The fraction of sp³-hybridized carbons (Fsp3) is 0.379. The number of phenolic OH excluding ortho intramolecular Hbond substituents is 2. The van der Waals surface area contributed by atoms with Crippen molar-refractivity contribution in [3.8, 4) is 17.2 Å². The summed E-state index contributed by atoms with van der Waals surface area (Å²) >= 11 is 0. The number of hydrogen-bond donors (Lipinski definition) is 2. The standard InChI is InChI=1S/C25H26O3.2C2H6/c1-16-3-7-21(26)14-19(16)13-20-12-18-6-8-22(27)15-25(18)24(20)11-17-4-9-23(28-2)10-5-17;2*1-2/h3-10,14-15,20,24,26-27H,11-13H2,1-2H3;2*1-2H3. The highest BCUT2D eigenvalue weighted by molar-refractivity contribution is 5.44.